The lowest BCUT2D eigenvalue weighted by molar-refractivity contribution is -0.242. The first-order valence-corrected chi connectivity index (χ1v) is 9.51. The van der Waals surface area contributed by atoms with E-state index in [1.54, 1.807) is 6.26 Å². The van der Waals surface area contributed by atoms with Crippen LogP contribution < -0.4 is 0 Å². The van der Waals surface area contributed by atoms with Gasteiger partial charge in [-0.05, 0) is 44.6 Å². The fraction of sp³-hybridized carbons (Fsp3) is 0.800. The van der Waals surface area contributed by atoms with E-state index in [1.807, 2.05) is 13.0 Å². The molecule has 0 radical (unpaired) electrons. The molecule has 0 N–H and O–H groups in total. The maximum Gasteiger partial charge on any atom is 0.320 e. The van der Waals surface area contributed by atoms with Gasteiger partial charge in [0.15, 0.2) is 0 Å². The highest BCUT2D eigenvalue weighted by Gasteiger charge is 2.76. The molecule has 5 rings (SSSR count). The Morgan fingerprint density at radius 2 is 1.96 bits per heavy atom. The summed E-state index contributed by atoms with van der Waals surface area (Å²) in [5.74, 6) is -0.0923. The summed E-state index contributed by atoms with van der Waals surface area (Å²) in [7, 11) is 0. The van der Waals surface area contributed by atoms with Gasteiger partial charge in [-0.2, -0.15) is 0 Å². The van der Waals surface area contributed by atoms with Crippen molar-refractivity contribution < 1.29 is 23.8 Å². The minimum atomic E-state index is -1.01. The van der Waals surface area contributed by atoms with E-state index in [9.17, 15) is 9.59 Å². The summed E-state index contributed by atoms with van der Waals surface area (Å²) in [4.78, 5) is 25.4. The third kappa shape index (κ3) is 1.60. The van der Waals surface area contributed by atoms with E-state index in [0.717, 1.165) is 25.7 Å². The number of carbonyl (C=O) groups is 2. The molecular formula is C20H26O5. The zero-order chi connectivity index (χ0) is 17.7. The molecule has 0 aromatic rings. The first-order valence-electron chi connectivity index (χ1n) is 9.51. The van der Waals surface area contributed by atoms with Crippen LogP contribution in [0.2, 0.25) is 0 Å². The van der Waals surface area contributed by atoms with Crippen LogP contribution in [-0.4, -0.2) is 35.7 Å². The van der Waals surface area contributed by atoms with E-state index in [-0.39, 0.29) is 46.3 Å². The van der Waals surface area contributed by atoms with Crippen LogP contribution in [0.25, 0.3) is 0 Å². The summed E-state index contributed by atoms with van der Waals surface area (Å²) in [6, 6.07) is 0. The molecular weight excluding hydrogens is 320 g/mol. The van der Waals surface area contributed by atoms with Gasteiger partial charge in [0, 0.05) is 17.8 Å². The second-order valence-electron chi connectivity index (χ2n) is 9.27. The quantitative estimate of drug-likeness (QED) is 0.498. The predicted molar refractivity (Wildman–Crippen MR) is 88.5 cm³/mol. The second-order valence-corrected chi connectivity index (χ2v) is 9.27. The number of fused-ring (bicyclic) bond motifs is 1. The van der Waals surface area contributed by atoms with Gasteiger partial charge < -0.3 is 14.2 Å². The summed E-state index contributed by atoms with van der Waals surface area (Å²) < 4.78 is 18.1. The highest BCUT2D eigenvalue weighted by Crippen LogP contribution is 2.69. The number of ether oxygens (including phenoxy) is 3. The van der Waals surface area contributed by atoms with Gasteiger partial charge in [0.05, 0.1) is 11.9 Å². The van der Waals surface area contributed by atoms with Crippen molar-refractivity contribution in [2.45, 2.75) is 70.2 Å². The van der Waals surface area contributed by atoms with Gasteiger partial charge >= 0.3 is 5.97 Å². The highest BCUT2D eigenvalue weighted by atomic mass is 16.6. The normalized spacial score (nSPS) is 56.4. The Labute approximate surface area is 148 Å². The Hall–Kier alpha value is -1.36. The Kier molecular flexibility index (Phi) is 2.84. The van der Waals surface area contributed by atoms with E-state index >= 15 is 0 Å². The van der Waals surface area contributed by atoms with Crippen LogP contribution in [0.1, 0.15) is 52.9 Å². The third-order valence-corrected chi connectivity index (χ3v) is 8.26. The number of hydrogen-bond donors (Lipinski definition) is 0. The van der Waals surface area contributed by atoms with Crippen molar-refractivity contribution in [2.24, 2.45) is 22.7 Å². The lowest BCUT2D eigenvalue weighted by atomic mass is 9.44. The lowest BCUT2D eigenvalue weighted by Crippen LogP contribution is -2.67. The van der Waals surface area contributed by atoms with E-state index in [1.165, 1.54) is 0 Å². The second kappa shape index (κ2) is 4.48. The SMILES string of the molecule is C[C@H]1C[C@H]2OC(=O)[C@@]3(C)C(=O)CC[C@@](C)([C@@H]23)[C@@]12CC[C@@]1(C=COC1)O2. The largest absolute Gasteiger partial charge is 0.498 e. The van der Waals surface area contributed by atoms with Crippen molar-refractivity contribution in [1.29, 1.82) is 0 Å². The van der Waals surface area contributed by atoms with Crippen molar-refractivity contribution in [3.05, 3.63) is 12.3 Å². The topological polar surface area (TPSA) is 61.8 Å². The number of ketones is 1. The van der Waals surface area contributed by atoms with Crippen LogP contribution in [-0.2, 0) is 23.8 Å². The molecule has 5 aliphatic rings. The molecule has 2 aliphatic carbocycles. The Morgan fingerprint density at radius 3 is 2.68 bits per heavy atom. The van der Waals surface area contributed by atoms with Crippen LogP contribution in [0.3, 0.4) is 0 Å². The lowest BCUT2D eigenvalue weighted by Gasteiger charge is -2.61. The molecule has 5 nitrogen and oxygen atoms in total. The zero-order valence-electron chi connectivity index (χ0n) is 15.2. The summed E-state index contributed by atoms with van der Waals surface area (Å²) in [5.41, 5.74) is -1.93. The molecule has 0 aromatic heterocycles. The summed E-state index contributed by atoms with van der Waals surface area (Å²) in [6.45, 7) is 6.84. The predicted octanol–water partition coefficient (Wildman–Crippen LogP) is 2.78. The fourth-order valence-corrected chi connectivity index (χ4v) is 6.95. The van der Waals surface area contributed by atoms with Crippen LogP contribution in [0.5, 0.6) is 0 Å². The van der Waals surface area contributed by atoms with Gasteiger partial charge in [-0.1, -0.05) is 13.8 Å². The number of hydrogen-bond acceptors (Lipinski definition) is 5. The van der Waals surface area contributed by atoms with Crippen molar-refractivity contribution in [3.8, 4) is 0 Å². The van der Waals surface area contributed by atoms with Gasteiger partial charge in [-0.15, -0.1) is 0 Å². The molecule has 136 valence electrons. The van der Waals surface area contributed by atoms with E-state index in [0.29, 0.717) is 13.0 Å². The first kappa shape index (κ1) is 15.9. The summed E-state index contributed by atoms with van der Waals surface area (Å²) in [6.07, 6.45) is 7.48. The van der Waals surface area contributed by atoms with Crippen molar-refractivity contribution in [3.63, 3.8) is 0 Å². The third-order valence-electron chi connectivity index (χ3n) is 8.26. The molecule has 4 fully saturated rings. The van der Waals surface area contributed by atoms with Crippen LogP contribution >= 0.6 is 0 Å². The molecule has 2 saturated heterocycles. The highest BCUT2D eigenvalue weighted by molar-refractivity contribution is 6.06. The van der Waals surface area contributed by atoms with Crippen LogP contribution in [0.15, 0.2) is 12.3 Å². The number of esters is 1. The monoisotopic (exact) mass is 346 g/mol. The van der Waals surface area contributed by atoms with Gasteiger partial charge in [0.25, 0.3) is 0 Å². The number of rotatable bonds is 0. The maximum atomic E-state index is 12.7. The molecule has 0 aromatic carbocycles. The van der Waals surface area contributed by atoms with Gasteiger partial charge in [0.1, 0.15) is 29.5 Å². The molecule has 3 heterocycles. The zero-order valence-corrected chi connectivity index (χ0v) is 15.2. The Bertz CT molecular complexity index is 700. The standard InChI is InChI=1S/C20H26O5/c1-12-10-13-15-17(2,5-4-14(21)18(15,3)16(22)24-13)20(12)7-6-19(25-20)8-9-23-11-19/h8-9,12-13,15H,4-7,10-11H2,1-3H3/t12-,13+,15+,17-,18-,19-,20+/m0/s1. The number of Topliss-reactive ketones (excluding diaryl/α,β-unsaturated/α-hetero) is 1. The molecule has 0 bridgehead atoms. The number of carbonyl (C=O) groups excluding carboxylic acids is 2. The summed E-state index contributed by atoms with van der Waals surface area (Å²) >= 11 is 0. The average Bonchev–Trinajstić information content (AvgIpc) is 3.24. The molecule has 7 atom stereocenters. The van der Waals surface area contributed by atoms with Crippen molar-refractivity contribution in [1.82, 2.24) is 0 Å². The Morgan fingerprint density at radius 1 is 1.16 bits per heavy atom. The Balaban J connectivity index is 1.64. The van der Waals surface area contributed by atoms with E-state index in [4.69, 9.17) is 14.2 Å². The smallest absolute Gasteiger partial charge is 0.320 e. The fourth-order valence-electron chi connectivity index (χ4n) is 6.95. The van der Waals surface area contributed by atoms with Gasteiger partial charge in [-0.3, -0.25) is 9.59 Å². The molecule has 3 aliphatic heterocycles. The van der Waals surface area contributed by atoms with E-state index < -0.39 is 5.41 Å². The van der Waals surface area contributed by atoms with Gasteiger partial charge in [0.2, 0.25) is 0 Å². The molecule has 0 amide bonds. The van der Waals surface area contributed by atoms with E-state index in [2.05, 4.69) is 13.8 Å². The minimum absolute atomic E-state index is 0.0454. The van der Waals surface area contributed by atoms with Gasteiger partial charge in [-0.25, -0.2) is 0 Å². The molecule has 2 saturated carbocycles. The molecule has 0 unspecified atom stereocenters. The molecule has 25 heavy (non-hydrogen) atoms. The maximum absolute atomic E-state index is 12.7. The average molecular weight is 346 g/mol. The van der Waals surface area contributed by atoms with Crippen LogP contribution in [0.4, 0.5) is 0 Å². The van der Waals surface area contributed by atoms with Crippen molar-refractivity contribution in [2.75, 3.05) is 6.61 Å². The molecule has 5 heteroatoms. The van der Waals surface area contributed by atoms with Crippen LogP contribution in [0, 0.1) is 22.7 Å². The minimum Gasteiger partial charge on any atom is -0.498 e. The van der Waals surface area contributed by atoms with Crippen molar-refractivity contribution >= 4 is 11.8 Å². The first-order chi connectivity index (χ1) is 11.8. The molecule has 2 spiro atoms. The summed E-state index contributed by atoms with van der Waals surface area (Å²) in [5, 5.41) is 0.